The van der Waals surface area contributed by atoms with Crippen molar-refractivity contribution >= 4 is 28.7 Å². The molecule has 0 atom stereocenters. The lowest BCUT2D eigenvalue weighted by Gasteiger charge is -2.21. The van der Waals surface area contributed by atoms with Crippen molar-refractivity contribution in [3.05, 3.63) is 46.2 Å². The molecule has 5 heteroatoms. The highest BCUT2D eigenvalue weighted by atomic mass is 32.1. The maximum Gasteiger partial charge on any atom is 0.337 e. The Balaban J connectivity index is 2.14. The van der Waals surface area contributed by atoms with Gasteiger partial charge in [-0.2, -0.15) is 0 Å². The molecule has 19 heavy (non-hydrogen) atoms. The van der Waals surface area contributed by atoms with Crippen molar-refractivity contribution in [2.45, 2.75) is 6.42 Å². The van der Waals surface area contributed by atoms with Crippen molar-refractivity contribution in [3.63, 3.8) is 0 Å². The molecule has 2 aromatic rings. The van der Waals surface area contributed by atoms with Gasteiger partial charge >= 0.3 is 5.97 Å². The Labute approximate surface area is 116 Å². The van der Waals surface area contributed by atoms with E-state index < -0.39 is 5.97 Å². The number of aromatic carboxylic acids is 1. The number of carboxylic acids is 1. The van der Waals surface area contributed by atoms with Crippen LogP contribution in [0.3, 0.4) is 0 Å². The van der Waals surface area contributed by atoms with Gasteiger partial charge in [-0.3, -0.25) is 0 Å². The van der Waals surface area contributed by atoms with Crippen molar-refractivity contribution in [1.29, 1.82) is 0 Å². The van der Waals surface area contributed by atoms with Crippen LogP contribution in [0.2, 0.25) is 0 Å². The van der Waals surface area contributed by atoms with Crippen LogP contribution >= 0.6 is 11.3 Å². The van der Waals surface area contributed by atoms with Gasteiger partial charge in [0.15, 0.2) is 0 Å². The van der Waals surface area contributed by atoms with Crippen LogP contribution in [0.1, 0.15) is 15.2 Å². The molecule has 4 nitrogen and oxygen atoms in total. The van der Waals surface area contributed by atoms with Crippen LogP contribution in [0, 0.1) is 0 Å². The first-order chi connectivity index (χ1) is 9.08. The molecule has 1 heterocycles. The number of nitrogens with two attached hydrogens (primary N) is 1. The van der Waals surface area contributed by atoms with Gasteiger partial charge in [-0.25, -0.2) is 4.79 Å². The molecule has 2 rings (SSSR count). The number of hydrogen-bond donors (Lipinski definition) is 2. The summed E-state index contributed by atoms with van der Waals surface area (Å²) >= 11 is 1.71. The third kappa shape index (κ3) is 3.26. The van der Waals surface area contributed by atoms with Crippen LogP contribution < -0.4 is 10.6 Å². The third-order valence-electron chi connectivity index (χ3n) is 2.94. The van der Waals surface area contributed by atoms with E-state index >= 15 is 0 Å². The molecule has 0 fully saturated rings. The molecule has 100 valence electrons. The van der Waals surface area contributed by atoms with Crippen LogP contribution in [-0.4, -0.2) is 24.7 Å². The maximum absolute atomic E-state index is 11.2. The van der Waals surface area contributed by atoms with Gasteiger partial charge in [0.1, 0.15) is 0 Å². The predicted octanol–water partition coefficient (Wildman–Crippen LogP) is 2.71. The van der Waals surface area contributed by atoms with Crippen molar-refractivity contribution < 1.29 is 9.90 Å². The van der Waals surface area contributed by atoms with E-state index in [0.29, 0.717) is 11.4 Å². The second-order valence-electron chi connectivity index (χ2n) is 4.33. The summed E-state index contributed by atoms with van der Waals surface area (Å²) in [5, 5.41) is 11.3. The Morgan fingerprint density at radius 2 is 2.21 bits per heavy atom. The monoisotopic (exact) mass is 276 g/mol. The second-order valence-corrected chi connectivity index (χ2v) is 5.36. The number of carboxylic acid groups (broad SMARTS) is 1. The minimum Gasteiger partial charge on any atom is -0.478 e. The van der Waals surface area contributed by atoms with Crippen LogP contribution in [-0.2, 0) is 6.42 Å². The maximum atomic E-state index is 11.2. The van der Waals surface area contributed by atoms with Crippen LogP contribution in [0.15, 0.2) is 35.7 Å². The molecule has 0 amide bonds. The molecule has 3 N–H and O–H groups in total. The topological polar surface area (TPSA) is 66.6 Å². The third-order valence-corrected chi connectivity index (χ3v) is 3.87. The van der Waals surface area contributed by atoms with Crippen molar-refractivity contribution in [3.8, 4) is 0 Å². The second kappa shape index (κ2) is 5.75. The Morgan fingerprint density at radius 3 is 2.84 bits per heavy atom. The van der Waals surface area contributed by atoms with Gasteiger partial charge < -0.3 is 15.7 Å². The standard InChI is InChI=1S/C14H16N2O2S/c1-16(7-6-11-3-2-8-19-11)13-5-4-10(15)9-12(13)14(17)18/h2-5,8-9H,6-7,15H2,1H3,(H,17,18). The van der Waals surface area contributed by atoms with Crippen LogP contribution in [0.4, 0.5) is 11.4 Å². The fourth-order valence-corrected chi connectivity index (χ4v) is 2.61. The SMILES string of the molecule is CN(CCc1cccs1)c1ccc(N)cc1C(=O)O. The molecule has 0 bridgehead atoms. The van der Waals surface area contributed by atoms with Gasteiger partial charge in [0.25, 0.3) is 0 Å². The largest absolute Gasteiger partial charge is 0.478 e. The average Bonchev–Trinajstić information content (AvgIpc) is 2.88. The highest BCUT2D eigenvalue weighted by Crippen LogP contribution is 2.23. The molecule has 0 saturated heterocycles. The normalized spacial score (nSPS) is 10.4. The van der Waals surface area contributed by atoms with Gasteiger partial charge in [0, 0.05) is 24.2 Å². The number of thiophene rings is 1. The van der Waals surface area contributed by atoms with E-state index in [1.807, 2.05) is 23.4 Å². The van der Waals surface area contributed by atoms with Crippen molar-refractivity contribution in [2.75, 3.05) is 24.2 Å². The summed E-state index contributed by atoms with van der Waals surface area (Å²) in [5.74, 6) is -0.953. The molecular weight excluding hydrogens is 260 g/mol. The van der Waals surface area contributed by atoms with Gasteiger partial charge in [0.05, 0.1) is 11.3 Å². The quantitative estimate of drug-likeness (QED) is 0.824. The smallest absolute Gasteiger partial charge is 0.337 e. The molecular formula is C14H16N2O2S. The van der Waals surface area contributed by atoms with Crippen LogP contribution in [0.5, 0.6) is 0 Å². The summed E-state index contributed by atoms with van der Waals surface area (Å²) in [6.45, 7) is 0.769. The fourth-order valence-electron chi connectivity index (χ4n) is 1.91. The Bertz CT molecular complexity index is 567. The summed E-state index contributed by atoms with van der Waals surface area (Å²) < 4.78 is 0. The summed E-state index contributed by atoms with van der Waals surface area (Å²) in [5.41, 5.74) is 7.04. The van der Waals surface area contributed by atoms with Gasteiger partial charge in [-0.1, -0.05) is 6.07 Å². The molecule has 1 aromatic heterocycles. The van der Waals surface area contributed by atoms with Gasteiger partial charge in [0.2, 0.25) is 0 Å². The summed E-state index contributed by atoms with van der Waals surface area (Å²) in [6.07, 6.45) is 0.900. The van der Waals surface area contributed by atoms with E-state index in [4.69, 9.17) is 5.73 Å². The molecule has 1 aromatic carbocycles. The number of likely N-dealkylation sites (N-methyl/N-ethyl adjacent to an activating group) is 1. The molecule has 0 aliphatic carbocycles. The van der Waals surface area contributed by atoms with E-state index in [-0.39, 0.29) is 5.56 Å². The number of rotatable bonds is 5. The van der Waals surface area contributed by atoms with E-state index in [1.54, 1.807) is 23.5 Å². The minimum absolute atomic E-state index is 0.244. The zero-order valence-corrected chi connectivity index (χ0v) is 11.5. The molecule has 0 saturated carbocycles. The first-order valence-electron chi connectivity index (χ1n) is 5.94. The number of carbonyl (C=O) groups is 1. The molecule has 0 radical (unpaired) electrons. The molecule has 0 aliphatic heterocycles. The van der Waals surface area contributed by atoms with Crippen molar-refractivity contribution in [2.24, 2.45) is 0 Å². The highest BCUT2D eigenvalue weighted by Gasteiger charge is 2.13. The summed E-state index contributed by atoms with van der Waals surface area (Å²) in [4.78, 5) is 14.5. The van der Waals surface area contributed by atoms with E-state index in [2.05, 4.69) is 6.07 Å². The predicted molar refractivity (Wildman–Crippen MR) is 79.1 cm³/mol. The van der Waals surface area contributed by atoms with Crippen LogP contribution in [0.25, 0.3) is 0 Å². The molecule has 0 unspecified atom stereocenters. The zero-order valence-electron chi connectivity index (χ0n) is 10.7. The Kier molecular flexibility index (Phi) is 4.06. The number of hydrogen-bond acceptors (Lipinski definition) is 4. The van der Waals surface area contributed by atoms with Gasteiger partial charge in [-0.15, -0.1) is 11.3 Å². The first-order valence-corrected chi connectivity index (χ1v) is 6.82. The van der Waals surface area contributed by atoms with E-state index in [9.17, 15) is 9.90 Å². The minimum atomic E-state index is -0.953. The molecule has 0 aliphatic rings. The first kappa shape index (κ1) is 13.4. The fraction of sp³-hybridized carbons (Fsp3) is 0.214. The Morgan fingerprint density at radius 1 is 1.42 bits per heavy atom. The lowest BCUT2D eigenvalue weighted by molar-refractivity contribution is 0.0697. The summed E-state index contributed by atoms with van der Waals surface area (Å²) in [7, 11) is 1.89. The zero-order chi connectivity index (χ0) is 13.8. The number of benzene rings is 1. The van der Waals surface area contributed by atoms with Crippen molar-refractivity contribution in [1.82, 2.24) is 0 Å². The lowest BCUT2D eigenvalue weighted by atomic mass is 10.1. The average molecular weight is 276 g/mol. The molecule has 0 spiro atoms. The van der Waals surface area contributed by atoms with Gasteiger partial charge in [-0.05, 0) is 36.1 Å². The lowest BCUT2D eigenvalue weighted by Crippen LogP contribution is -2.22. The highest BCUT2D eigenvalue weighted by molar-refractivity contribution is 7.09. The number of nitrogen functional groups attached to an aromatic ring is 1. The number of nitrogens with zero attached hydrogens (tertiary/aromatic N) is 1. The van der Waals surface area contributed by atoms with E-state index in [1.165, 1.54) is 10.9 Å². The van der Waals surface area contributed by atoms with E-state index in [0.717, 1.165) is 13.0 Å². The Hall–Kier alpha value is -2.01. The number of anilines is 2. The summed E-state index contributed by atoms with van der Waals surface area (Å²) in [6, 6.07) is 9.08.